The quantitative estimate of drug-likeness (QED) is 0.142. The fourth-order valence-electron chi connectivity index (χ4n) is 4.48. The molecule has 0 aliphatic rings. The number of carbonyl (C=O) groups is 1. The number of benzene rings is 1. The molecule has 0 saturated carbocycles. The van der Waals surface area contributed by atoms with E-state index in [4.69, 9.17) is 5.73 Å². The lowest BCUT2D eigenvalue weighted by molar-refractivity contribution is 0.0697. The van der Waals surface area contributed by atoms with Crippen molar-refractivity contribution >= 4 is 11.7 Å². The highest BCUT2D eigenvalue weighted by Gasteiger charge is 2.06. The summed E-state index contributed by atoms with van der Waals surface area (Å²) in [6.45, 7) is 15.5. The van der Waals surface area contributed by atoms with E-state index in [0.717, 1.165) is 63.4 Å². The Bertz CT molecular complexity index is 1120. The number of carboxylic acid groups (broad SMARTS) is 1. The molecule has 1 aromatic carbocycles. The third-order valence-electron chi connectivity index (χ3n) is 7.28. The van der Waals surface area contributed by atoms with Gasteiger partial charge in [0.25, 0.3) is 0 Å². The number of nitrogen functional groups attached to an aromatic ring is 1. The SMILES string of the molecule is CC(C)=CCC/C(C)=C/CC/C(C)=C/CC/C(C)=C/CC/C(C)=C/CC/C(C)=C/Cc1cc(C(=O)O)ccc1N. The number of carboxylic acids is 1. The molecule has 0 radical (unpaired) electrons. The van der Waals surface area contributed by atoms with Crippen LogP contribution in [-0.2, 0) is 6.42 Å². The number of rotatable bonds is 18. The fraction of sp³-hybridized carbons (Fsp3) is 0.486. The first-order chi connectivity index (χ1) is 19.0. The van der Waals surface area contributed by atoms with Crippen LogP contribution in [0, 0.1) is 0 Å². The number of aromatic carboxylic acids is 1. The minimum atomic E-state index is -0.921. The maximum atomic E-state index is 11.2. The highest BCUT2D eigenvalue weighted by atomic mass is 16.4. The number of hydrogen-bond acceptors (Lipinski definition) is 2. The molecule has 3 N–H and O–H groups in total. The van der Waals surface area contributed by atoms with Crippen molar-refractivity contribution in [2.45, 2.75) is 119 Å². The molecule has 0 fully saturated rings. The molecule has 0 unspecified atom stereocenters. The maximum Gasteiger partial charge on any atom is 0.335 e. The van der Waals surface area contributed by atoms with Gasteiger partial charge >= 0.3 is 5.97 Å². The molecule has 1 rings (SSSR count). The second kappa shape index (κ2) is 19.9. The summed E-state index contributed by atoms with van der Waals surface area (Å²) in [6, 6.07) is 4.90. The molecule has 220 valence electrons. The third-order valence-corrected chi connectivity index (χ3v) is 7.28. The van der Waals surface area contributed by atoms with Crippen LogP contribution in [0.2, 0.25) is 0 Å². The van der Waals surface area contributed by atoms with Crippen molar-refractivity contribution in [2.24, 2.45) is 0 Å². The average molecular weight is 546 g/mol. The Morgan fingerprint density at radius 1 is 0.625 bits per heavy atom. The van der Waals surface area contributed by atoms with Gasteiger partial charge in [-0.2, -0.15) is 0 Å². The summed E-state index contributed by atoms with van der Waals surface area (Å²) < 4.78 is 0. The molecular formula is C37H55NO2. The summed E-state index contributed by atoms with van der Waals surface area (Å²) >= 11 is 0. The van der Waals surface area contributed by atoms with Crippen molar-refractivity contribution in [1.29, 1.82) is 0 Å². The van der Waals surface area contributed by atoms with Gasteiger partial charge < -0.3 is 10.8 Å². The summed E-state index contributed by atoms with van der Waals surface area (Å²) in [5.74, 6) is -0.921. The van der Waals surface area contributed by atoms with Crippen LogP contribution in [0.15, 0.2) is 88.1 Å². The van der Waals surface area contributed by atoms with Gasteiger partial charge in [-0.3, -0.25) is 0 Å². The Hall–Kier alpha value is -3.07. The summed E-state index contributed by atoms with van der Waals surface area (Å²) in [5.41, 5.74) is 16.5. The van der Waals surface area contributed by atoms with Gasteiger partial charge in [-0.1, -0.05) is 69.9 Å². The second-order valence-corrected chi connectivity index (χ2v) is 11.7. The van der Waals surface area contributed by atoms with Gasteiger partial charge in [0.15, 0.2) is 0 Å². The smallest absolute Gasteiger partial charge is 0.335 e. The Morgan fingerprint density at radius 3 is 1.38 bits per heavy atom. The molecule has 0 bridgehead atoms. The molecule has 1 aromatic rings. The molecule has 0 heterocycles. The first-order valence-corrected chi connectivity index (χ1v) is 15.0. The van der Waals surface area contributed by atoms with E-state index >= 15 is 0 Å². The predicted molar refractivity (Wildman–Crippen MR) is 176 cm³/mol. The second-order valence-electron chi connectivity index (χ2n) is 11.7. The third kappa shape index (κ3) is 16.8. The number of allylic oxidation sites excluding steroid dienone is 12. The molecule has 0 atom stereocenters. The summed E-state index contributed by atoms with van der Waals surface area (Å²) in [7, 11) is 0. The van der Waals surface area contributed by atoms with Crippen LogP contribution in [0.3, 0.4) is 0 Å². The van der Waals surface area contributed by atoms with Gasteiger partial charge in [0, 0.05) is 5.69 Å². The van der Waals surface area contributed by atoms with Gasteiger partial charge in [0.1, 0.15) is 0 Å². The Labute approximate surface area is 245 Å². The minimum Gasteiger partial charge on any atom is -0.478 e. The zero-order valence-electron chi connectivity index (χ0n) is 26.4. The van der Waals surface area contributed by atoms with Gasteiger partial charge in [-0.25, -0.2) is 4.79 Å². The van der Waals surface area contributed by atoms with E-state index in [1.165, 1.54) is 39.9 Å². The first kappa shape index (κ1) is 35.0. The monoisotopic (exact) mass is 545 g/mol. The van der Waals surface area contributed by atoms with E-state index in [1.807, 2.05) is 0 Å². The highest BCUT2D eigenvalue weighted by Crippen LogP contribution is 2.18. The van der Waals surface area contributed by atoms with E-state index in [1.54, 1.807) is 18.2 Å². The largest absolute Gasteiger partial charge is 0.478 e. The molecule has 0 amide bonds. The lowest BCUT2D eigenvalue weighted by atomic mass is 10.0. The van der Waals surface area contributed by atoms with E-state index < -0.39 is 5.97 Å². The zero-order valence-corrected chi connectivity index (χ0v) is 26.4. The summed E-state index contributed by atoms with van der Waals surface area (Å²) in [6.07, 6.45) is 25.9. The van der Waals surface area contributed by atoms with Crippen LogP contribution in [0.4, 0.5) is 5.69 Å². The Kier molecular flexibility index (Phi) is 17.4. The molecule has 3 nitrogen and oxygen atoms in total. The molecular weight excluding hydrogens is 490 g/mol. The van der Waals surface area contributed by atoms with Crippen LogP contribution in [0.25, 0.3) is 0 Å². The predicted octanol–water partition coefficient (Wildman–Crippen LogP) is 11.1. The van der Waals surface area contributed by atoms with Crippen LogP contribution in [0.1, 0.15) is 129 Å². The minimum absolute atomic E-state index is 0.282. The number of hydrogen-bond donors (Lipinski definition) is 2. The van der Waals surface area contributed by atoms with Crippen molar-refractivity contribution in [1.82, 2.24) is 0 Å². The maximum absolute atomic E-state index is 11.2. The van der Waals surface area contributed by atoms with Crippen molar-refractivity contribution in [2.75, 3.05) is 5.73 Å². The van der Waals surface area contributed by atoms with Crippen molar-refractivity contribution in [3.63, 3.8) is 0 Å². The Morgan fingerprint density at radius 2 is 1.00 bits per heavy atom. The summed E-state index contributed by atoms with van der Waals surface area (Å²) in [4.78, 5) is 11.2. The van der Waals surface area contributed by atoms with E-state index in [9.17, 15) is 9.90 Å². The molecule has 0 saturated heterocycles. The van der Waals surface area contributed by atoms with E-state index in [2.05, 4.69) is 84.9 Å². The van der Waals surface area contributed by atoms with Gasteiger partial charge in [0.2, 0.25) is 0 Å². The lowest BCUT2D eigenvalue weighted by Crippen LogP contribution is -2.00. The first-order valence-electron chi connectivity index (χ1n) is 15.0. The topological polar surface area (TPSA) is 63.3 Å². The highest BCUT2D eigenvalue weighted by molar-refractivity contribution is 5.88. The normalized spacial score (nSPS) is 13.5. The van der Waals surface area contributed by atoms with Crippen LogP contribution < -0.4 is 5.73 Å². The average Bonchev–Trinajstić information content (AvgIpc) is 2.87. The summed E-state index contributed by atoms with van der Waals surface area (Å²) in [5, 5.41) is 9.19. The molecule has 0 aliphatic carbocycles. The molecule has 0 aromatic heterocycles. The fourth-order valence-corrected chi connectivity index (χ4v) is 4.48. The van der Waals surface area contributed by atoms with E-state index in [-0.39, 0.29) is 5.56 Å². The van der Waals surface area contributed by atoms with Crippen molar-refractivity contribution in [3.05, 3.63) is 99.2 Å². The zero-order chi connectivity index (χ0) is 29.9. The van der Waals surface area contributed by atoms with Crippen molar-refractivity contribution in [3.8, 4) is 0 Å². The molecule has 0 aliphatic heterocycles. The number of nitrogens with two attached hydrogens (primary N) is 1. The van der Waals surface area contributed by atoms with E-state index in [0.29, 0.717) is 12.1 Å². The number of anilines is 1. The van der Waals surface area contributed by atoms with Crippen LogP contribution in [-0.4, -0.2) is 11.1 Å². The molecule has 3 heteroatoms. The Balaban J connectivity index is 2.33. The van der Waals surface area contributed by atoms with Gasteiger partial charge in [-0.15, -0.1) is 0 Å². The van der Waals surface area contributed by atoms with Crippen molar-refractivity contribution < 1.29 is 9.90 Å². The van der Waals surface area contributed by atoms with Crippen LogP contribution in [0.5, 0.6) is 0 Å². The van der Waals surface area contributed by atoms with Crippen LogP contribution >= 0.6 is 0 Å². The molecule has 40 heavy (non-hydrogen) atoms. The van der Waals surface area contributed by atoms with Gasteiger partial charge in [0.05, 0.1) is 5.56 Å². The lowest BCUT2D eigenvalue weighted by Gasteiger charge is -2.06. The molecule has 0 spiro atoms. The van der Waals surface area contributed by atoms with Gasteiger partial charge in [-0.05, 0) is 143 Å². The standard InChI is InChI=1S/C37H55NO2/c1-28(2)13-8-14-29(3)15-9-16-30(4)17-10-18-31(5)19-11-20-32(6)21-12-22-33(7)23-24-34-27-35(37(39)40)25-26-36(34)38/h13,15,17,19,21,23,25-27H,8-12,14,16,18,20,22,24,38H2,1-7H3,(H,39,40)/b29-15+,30-17+,31-19+,32-21+,33-23+.